The van der Waals surface area contributed by atoms with Gasteiger partial charge in [0.25, 0.3) is 5.91 Å². The summed E-state index contributed by atoms with van der Waals surface area (Å²) < 4.78 is 5.69. The lowest BCUT2D eigenvalue weighted by Crippen LogP contribution is -2.48. The Balaban J connectivity index is 1.62. The number of hydrogen-bond acceptors (Lipinski definition) is 5. The van der Waals surface area contributed by atoms with Crippen molar-refractivity contribution in [3.63, 3.8) is 0 Å². The summed E-state index contributed by atoms with van der Waals surface area (Å²) in [5.74, 6) is 1.35. The van der Waals surface area contributed by atoms with Gasteiger partial charge in [-0.1, -0.05) is 23.7 Å². The number of carbonyl (C=O) groups excluding carboxylic acids is 1. The van der Waals surface area contributed by atoms with Crippen LogP contribution in [-0.2, 0) is 11.3 Å². The average Bonchev–Trinajstić information content (AvgIpc) is 2.58. The van der Waals surface area contributed by atoms with Crippen LogP contribution in [0.5, 0.6) is 0 Å². The number of benzene rings is 1. The smallest absolute Gasteiger partial charge is 0.254 e. The van der Waals surface area contributed by atoms with E-state index in [1.54, 1.807) is 13.0 Å². The fourth-order valence-corrected chi connectivity index (χ4v) is 3.33. The van der Waals surface area contributed by atoms with Crippen LogP contribution in [0.25, 0.3) is 0 Å². The van der Waals surface area contributed by atoms with Crippen LogP contribution >= 0.6 is 11.6 Å². The number of morpholine rings is 1. The maximum Gasteiger partial charge on any atom is 0.254 e. The number of carbonyl (C=O) groups is 1. The molecule has 138 valence electrons. The van der Waals surface area contributed by atoms with Crippen molar-refractivity contribution in [3.05, 3.63) is 52.4 Å². The lowest BCUT2D eigenvalue weighted by atomic mass is 10.1. The number of aromatic nitrogens is 2. The molecule has 6 nitrogen and oxygen atoms in total. The first-order valence-corrected chi connectivity index (χ1v) is 9.07. The van der Waals surface area contributed by atoms with E-state index in [4.69, 9.17) is 16.3 Å². The summed E-state index contributed by atoms with van der Waals surface area (Å²) in [7, 11) is 0. The molecule has 1 saturated heterocycles. The van der Waals surface area contributed by atoms with Crippen molar-refractivity contribution in [1.29, 1.82) is 0 Å². The van der Waals surface area contributed by atoms with E-state index in [-0.39, 0.29) is 18.1 Å². The SMILES string of the molecule is Cc1nc(Cl)cc(NCc2ccc(C(=O)N3CC(C)OC(C)C3)cc2)n1. The van der Waals surface area contributed by atoms with Gasteiger partial charge in [-0.25, -0.2) is 9.97 Å². The van der Waals surface area contributed by atoms with E-state index in [9.17, 15) is 4.79 Å². The number of halogens is 1. The van der Waals surface area contributed by atoms with Crippen LogP contribution in [0.15, 0.2) is 30.3 Å². The zero-order chi connectivity index (χ0) is 18.7. The highest BCUT2D eigenvalue weighted by Gasteiger charge is 2.26. The minimum Gasteiger partial charge on any atom is -0.372 e. The Kier molecular flexibility index (Phi) is 5.74. The summed E-state index contributed by atoms with van der Waals surface area (Å²) in [6.45, 7) is 7.62. The molecule has 2 unspecified atom stereocenters. The minimum absolute atomic E-state index is 0.0460. The van der Waals surface area contributed by atoms with Crippen LogP contribution in [-0.4, -0.2) is 46.1 Å². The molecule has 2 aromatic rings. The first-order valence-electron chi connectivity index (χ1n) is 8.69. The van der Waals surface area contributed by atoms with Crippen molar-refractivity contribution in [1.82, 2.24) is 14.9 Å². The average molecular weight is 375 g/mol. The molecule has 1 aliphatic rings. The van der Waals surface area contributed by atoms with Gasteiger partial charge in [0.2, 0.25) is 0 Å². The van der Waals surface area contributed by atoms with Gasteiger partial charge in [-0.3, -0.25) is 4.79 Å². The van der Waals surface area contributed by atoms with Gasteiger partial charge < -0.3 is 15.0 Å². The van der Waals surface area contributed by atoms with Crippen LogP contribution < -0.4 is 5.32 Å². The number of aryl methyl sites for hydroxylation is 1. The van der Waals surface area contributed by atoms with Crippen molar-refractivity contribution < 1.29 is 9.53 Å². The fraction of sp³-hybridized carbons (Fsp3) is 0.421. The van der Waals surface area contributed by atoms with E-state index in [0.717, 1.165) is 5.56 Å². The molecule has 2 atom stereocenters. The molecule has 0 bridgehead atoms. The molecule has 0 aliphatic carbocycles. The third-order valence-corrected chi connectivity index (χ3v) is 4.38. The lowest BCUT2D eigenvalue weighted by Gasteiger charge is -2.35. The molecule has 0 spiro atoms. The Labute approximate surface area is 158 Å². The van der Waals surface area contributed by atoms with E-state index in [2.05, 4.69) is 15.3 Å². The lowest BCUT2D eigenvalue weighted by molar-refractivity contribution is -0.0586. The number of amides is 1. The molecule has 26 heavy (non-hydrogen) atoms. The summed E-state index contributed by atoms with van der Waals surface area (Å²) in [6, 6.07) is 9.31. The van der Waals surface area contributed by atoms with Gasteiger partial charge in [-0.05, 0) is 38.5 Å². The molecule has 0 radical (unpaired) electrons. The molecule has 1 aromatic carbocycles. The minimum atomic E-state index is 0.0460. The first-order chi connectivity index (χ1) is 12.4. The van der Waals surface area contributed by atoms with Crippen molar-refractivity contribution in [2.45, 2.75) is 39.5 Å². The molecule has 1 aromatic heterocycles. The third-order valence-electron chi connectivity index (χ3n) is 4.19. The van der Waals surface area contributed by atoms with Gasteiger partial charge in [0.1, 0.15) is 16.8 Å². The van der Waals surface area contributed by atoms with Crippen molar-refractivity contribution in [2.75, 3.05) is 18.4 Å². The van der Waals surface area contributed by atoms with E-state index in [0.29, 0.717) is 42.0 Å². The quantitative estimate of drug-likeness (QED) is 0.831. The zero-order valence-corrected chi connectivity index (χ0v) is 16.0. The second-order valence-corrected chi connectivity index (χ2v) is 7.03. The van der Waals surface area contributed by atoms with Crippen LogP contribution in [0, 0.1) is 6.92 Å². The number of ether oxygens (including phenoxy) is 1. The van der Waals surface area contributed by atoms with Gasteiger partial charge in [0.05, 0.1) is 12.2 Å². The summed E-state index contributed by atoms with van der Waals surface area (Å²) in [6.07, 6.45) is 0.128. The highest BCUT2D eigenvalue weighted by atomic mass is 35.5. The molecule has 3 rings (SSSR count). The van der Waals surface area contributed by atoms with Crippen LogP contribution in [0.4, 0.5) is 5.82 Å². The Hall–Kier alpha value is -2.18. The summed E-state index contributed by atoms with van der Waals surface area (Å²) in [5, 5.41) is 3.63. The van der Waals surface area contributed by atoms with E-state index in [1.165, 1.54) is 0 Å². The summed E-state index contributed by atoms with van der Waals surface area (Å²) >= 11 is 5.94. The maximum atomic E-state index is 12.7. The van der Waals surface area contributed by atoms with Gasteiger partial charge in [0, 0.05) is 31.3 Å². The molecule has 1 fully saturated rings. The standard InChI is InChI=1S/C19H23ClN4O2/c1-12-10-24(11-13(2)26-12)19(25)16-6-4-15(5-7-16)9-21-18-8-17(20)22-14(3)23-18/h4-8,12-13H,9-11H2,1-3H3,(H,21,22,23). The predicted molar refractivity (Wildman–Crippen MR) is 101 cm³/mol. The van der Waals surface area contributed by atoms with Crippen LogP contribution in [0.2, 0.25) is 5.15 Å². The van der Waals surface area contributed by atoms with Crippen molar-refractivity contribution in [3.8, 4) is 0 Å². The normalized spacial score (nSPS) is 20.1. The molecule has 1 amide bonds. The Morgan fingerprint density at radius 1 is 1.23 bits per heavy atom. The molecular weight excluding hydrogens is 352 g/mol. The second-order valence-electron chi connectivity index (χ2n) is 6.64. The van der Waals surface area contributed by atoms with Gasteiger partial charge in [-0.2, -0.15) is 0 Å². The van der Waals surface area contributed by atoms with Crippen molar-refractivity contribution in [2.24, 2.45) is 0 Å². The molecular formula is C19H23ClN4O2. The predicted octanol–water partition coefficient (Wildman–Crippen LogP) is 3.30. The van der Waals surface area contributed by atoms with E-state index < -0.39 is 0 Å². The molecule has 1 aliphatic heterocycles. The van der Waals surface area contributed by atoms with Gasteiger partial charge >= 0.3 is 0 Å². The van der Waals surface area contributed by atoms with Crippen molar-refractivity contribution >= 4 is 23.3 Å². The first kappa shape index (κ1) is 18.6. The zero-order valence-electron chi connectivity index (χ0n) is 15.2. The Morgan fingerprint density at radius 2 is 1.88 bits per heavy atom. The maximum absolute atomic E-state index is 12.7. The molecule has 2 heterocycles. The Morgan fingerprint density at radius 3 is 2.50 bits per heavy atom. The summed E-state index contributed by atoms with van der Waals surface area (Å²) in [4.78, 5) is 22.9. The van der Waals surface area contributed by atoms with Gasteiger partial charge in [-0.15, -0.1) is 0 Å². The van der Waals surface area contributed by atoms with Crippen LogP contribution in [0.1, 0.15) is 35.6 Å². The highest BCUT2D eigenvalue weighted by Crippen LogP contribution is 2.16. The van der Waals surface area contributed by atoms with E-state index >= 15 is 0 Å². The number of nitrogens with one attached hydrogen (secondary N) is 1. The molecule has 7 heteroatoms. The summed E-state index contributed by atoms with van der Waals surface area (Å²) in [5.41, 5.74) is 1.74. The monoisotopic (exact) mass is 374 g/mol. The number of rotatable bonds is 4. The molecule has 1 N–H and O–H groups in total. The van der Waals surface area contributed by atoms with Crippen LogP contribution in [0.3, 0.4) is 0 Å². The van der Waals surface area contributed by atoms with E-state index in [1.807, 2.05) is 43.0 Å². The molecule has 0 saturated carbocycles. The highest BCUT2D eigenvalue weighted by molar-refractivity contribution is 6.29. The fourth-order valence-electron chi connectivity index (χ4n) is 3.11. The third kappa shape index (κ3) is 4.71. The van der Waals surface area contributed by atoms with Gasteiger partial charge in [0.15, 0.2) is 0 Å². The second kappa shape index (κ2) is 8.01. The topological polar surface area (TPSA) is 67.4 Å². The number of nitrogens with zero attached hydrogens (tertiary/aromatic N) is 3. The number of hydrogen-bond donors (Lipinski definition) is 1. The largest absolute Gasteiger partial charge is 0.372 e. The number of anilines is 1. The Bertz CT molecular complexity index is 751.